The minimum Gasteiger partial charge on any atom is -0.389 e. The first kappa shape index (κ1) is 4.77. The minimum absolute atomic E-state index is 0.493. The summed E-state index contributed by atoms with van der Waals surface area (Å²) >= 11 is 0. The second-order valence-corrected chi connectivity index (χ2v) is 2.71. The summed E-state index contributed by atoms with van der Waals surface area (Å²) in [5, 5.41) is 10.8. The van der Waals surface area contributed by atoms with E-state index in [1.165, 1.54) is 5.31 Å². The van der Waals surface area contributed by atoms with Crippen molar-refractivity contribution in [1.82, 2.24) is 5.31 Å². The van der Waals surface area contributed by atoms with Crippen molar-refractivity contribution in [3.05, 3.63) is 0 Å². The molecule has 1 heterocycles. The molecule has 1 saturated heterocycles. The molecule has 0 spiro atoms. The average molecular weight is 116 g/mol. The Labute approximate surface area is 51.4 Å². The van der Waals surface area contributed by atoms with Crippen LogP contribution in [-0.4, -0.2) is 23.8 Å². The van der Waals surface area contributed by atoms with Crippen LogP contribution in [0.3, 0.4) is 0 Å². The van der Waals surface area contributed by atoms with E-state index in [-0.39, 0.29) is 0 Å². The number of piperidine rings is 1. The summed E-state index contributed by atoms with van der Waals surface area (Å²) < 4.78 is 7.20. The molecule has 0 unspecified atom stereocenters. The Hall–Kier alpha value is -0.0800. The van der Waals surface area contributed by atoms with Gasteiger partial charge < -0.3 is 10.4 Å². The fourth-order valence-electron chi connectivity index (χ4n) is 0.971. The van der Waals surface area contributed by atoms with Crippen molar-refractivity contribution >= 4 is 0 Å². The average Bonchev–Trinajstić information content (AvgIpc) is 1.60. The van der Waals surface area contributed by atoms with E-state index in [4.69, 9.17) is 1.41 Å². The van der Waals surface area contributed by atoms with E-state index in [9.17, 15) is 5.11 Å². The molecule has 0 radical (unpaired) electrons. The van der Waals surface area contributed by atoms with Gasteiger partial charge in [-0.1, -0.05) is 0 Å². The van der Waals surface area contributed by atoms with Gasteiger partial charge >= 0.3 is 0 Å². The maximum absolute atomic E-state index is 9.38. The van der Waals surface area contributed by atoms with Crippen LogP contribution in [0.2, 0.25) is 1.41 Å². The number of nitrogens with one attached hydrogen (secondary N) is 1. The van der Waals surface area contributed by atoms with Gasteiger partial charge in [0, 0.05) is 6.54 Å². The highest BCUT2D eigenvalue weighted by Crippen LogP contribution is 2.13. The first-order chi connectivity index (χ1) is 4.10. The monoisotopic (exact) mass is 116 g/mol. The van der Waals surface area contributed by atoms with Gasteiger partial charge in [0.2, 0.25) is 0 Å². The van der Waals surface area contributed by atoms with Crippen molar-refractivity contribution in [2.24, 2.45) is 0 Å². The van der Waals surface area contributed by atoms with Crippen LogP contribution in [-0.2, 0) is 0 Å². The third-order valence-electron chi connectivity index (χ3n) is 1.48. The molecule has 2 heteroatoms. The molecule has 8 heavy (non-hydrogen) atoms. The van der Waals surface area contributed by atoms with Gasteiger partial charge in [-0.05, 0) is 26.3 Å². The van der Waals surface area contributed by atoms with Gasteiger partial charge in [0.25, 0.3) is 0 Å². The third-order valence-corrected chi connectivity index (χ3v) is 1.48. The molecule has 0 aromatic heterocycles. The molecule has 1 aliphatic rings. The Kier molecular flexibility index (Phi) is 1.21. The zero-order valence-electron chi connectivity index (χ0n) is 6.22. The highest BCUT2D eigenvalue weighted by Gasteiger charge is 2.21. The van der Waals surface area contributed by atoms with E-state index < -0.39 is 5.60 Å². The van der Waals surface area contributed by atoms with Crippen molar-refractivity contribution in [3.63, 3.8) is 0 Å². The zero-order valence-corrected chi connectivity index (χ0v) is 5.22. The molecule has 0 amide bonds. The van der Waals surface area contributed by atoms with Crippen molar-refractivity contribution in [3.8, 4) is 0 Å². The molecule has 0 bridgehead atoms. The molecule has 2 N–H and O–H groups in total. The molecular weight excluding hydrogens is 102 g/mol. The summed E-state index contributed by atoms with van der Waals surface area (Å²) in [5.74, 6) is 0. The molecule has 0 aromatic carbocycles. The molecule has 2 nitrogen and oxygen atoms in total. The van der Waals surface area contributed by atoms with Crippen LogP contribution in [0.5, 0.6) is 0 Å². The standard InChI is InChI=1S/C6H13NO/c1-6(8)3-2-4-7-5-6/h7-8H,2-5H2,1H3/t6-/m0/s1/i/hD. The van der Waals surface area contributed by atoms with Gasteiger partial charge in [0.1, 0.15) is 1.41 Å². The van der Waals surface area contributed by atoms with Crippen LogP contribution in [0, 0.1) is 0 Å². The topological polar surface area (TPSA) is 32.3 Å². The van der Waals surface area contributed by atoms with E-state index in [0.717, 1.165) is 19.4 Å². The van der Waals surface area contributed by atoms with E-state index in [1.807, 2.05) is 0 Å². The SMILES string of the molecule is [2H]N1CCC[C@](C)(O)C1. The summed E-state index contributed by atoms with van der Waals surface area (Å²) in [5.41, 5.74) is -0.611. The van der Waals surface area contributed by atoms with Crippen LogP contribution >= 0.6 is 0 Å². The van der Waals surface area contributed by atoms with Gasteiger partial charge in [-0.2, -0.15) is 0 Å². The van der Waals surface area contributed by atoms with Crippen LogP contribution in [0.4, 0.5) is 0 Å². The third kappa shape index (κ3) is 1.46. The zero-order chi connectivity index (χ0) is 6.91. The van der Waals surface area contributed by atoms with Gasteiger partial charge in [0.15, 0.2) is 0 Å². The lowest BCUT2D eigenvalue weighted by Crippen LogP contribution is -2.42. The Balaban J connectivity index is 2.41. The predicted octanol–water partition coefficient (Wildman–Crippen LogP) is 0.121. The van der Waals surface area contributed by atoms with Crippen molar-refractivity contribution in [2.45, 2.75) is 25.4 Å². The summed E-state index contributed by atoms with van der Waals surface area (Å²) in [6, 6.07) is 0. The fourth-order valence-corrected chi connectivity index (χ4v) is 0.971. The van der Waals surface area contributed by atoms with Crippen molar-refractivity contribution < 1.29 is 6.52 Å². The first-order valence-corrected chi connectivity index (χ1v) is 3.06. The summed E-state index contributed by atoms with van der Waals surface area (Å²) in [6.45, 7) is 3.08. The smallest absolute Gasteiger partial charge is 0.122 e. The van der Waals surface area contributed by atoms with E-state index in [1.54, 1.807) is 6.92 Å². The minimum atomic E-state index is -0.611. The maximum atomic E-state index is 9.38. The summed E-state index contributed by atoms with van der Waals surface area (Å²) in [4.78, 5) is 0. The van der Waals surface area contributed by atoms with Crippen LogP contribution in [0.15, 0.2) is 0 Å². The Bertz CT molecular complexity index is 105. The lowest BCUT2D eigenvalue weighted by atomic mass is 9.97. The van der Waals surface area contributed by atoms with E-state index in [0.29, 0.717) is 6.54 Å². The lowest BCUT2D eigenvalue weighted by molar-refractivity contribution is 0.0351. The fraction of sp³-hybridized carbons (Fsp3) is 1.00. The molecule has 48 valence electrons. The van der Waals surface area contributed by atoms with Crippen LogP contribution < -0.4 is 5.31 Å². The van der Waals surface area contributed by atoms with Crippen LogP contribution in [0.1, 0.15) is 19.8 Å². The highest BCUT2D eigenvalue weighted by molar-refractivity contribution is 4.79. The molecule has 1 rings (SSSR count). The number of hydrogen-bond acceptors (Lipinski definition) is 2. The van der Waals surface area contributed by atoms with E-state index >= 15 is 0 Å². The maximum Gasteiger partial charge on any atom is 0.122 e. The van der Waals surface area contributed by atoms with Crippen molar-refractivity contribution in [1.29, 1.82) is 0 Å². The number of β-amino-alcohol motifs (C(OH)–C–C–N with tert-alkyl or cyclic N) is 1. The molecule has 0 aromatic rings. The number of rotatable bonds is 0. The largest absolute Gasteiger partial charge is 0.389 e. The molecule has 1 atom stereocenters. The van der Waals surface area contributed by atoms with Gasteiger partial charge in [-0.15, -0.1) is 0 Å². The normalized spacial score (nSPS) is 44.0. The summed E-state index contributed by atoms with van der Waals surface area (Å²) in [7, 11) is 0. The molecule has 1 fully saturated rings. The van der Waals surface area contributed by atoms with Crippen molar-refractivity contribution in [2.75, 3.05) is 13.1 Å². The second kappa shape index (κ2) is 2.03. The second-order valence-electron chi connectivity index (χ2n) is 2.71. The molecule has 0 aliphatic carbocycles. The quantitative estimate of drug-likeness (QED) is 0.471. The first-order valence-electron chi connectivity index (χ1n) is 3.51. The van der Waals surface area contributed by atoms with Gasteiger partial charge in [0.05, 0.1) is 5.60 Å². The molecule has 1 aliphatic heterocycles. The van der Waals surface area contributed by atoms with Gasteiger partial charge in [-0.25, -0.2) is 0 Å². The predicted molar refractivity (Wildman–Crippen MR) is 32.7 cm³/mol. The number of hydrogen-bond donors (Lipinski definition) is 2. The number of aliphatic hydroxyl groups is 1. The Morgan fingerprint density at radius 3 is 3.00 bits per heavy atom. The Morgan fingerprint density at radius 1 is 1.88 bits per heavy atom. The lowest BCUT2D eigenvalue weighted by Gasteiger charge is -2.28. The Morgan fingerprint density at radius 2 is 2.62 bits per heavy atom. The highest BCUT2D eigenvalue weighted by atomic mass is 16.3. The van der Waals surface area contributed by atoms with Gasteiger partial charge in [-0.3, -0.25) is 0 Å². The van der Waals surface area contributed by atoms with Crippen LogP contribution in [0.25, 0.3) is 0 Å². The summed E-state index contributed by atoms with van der Waals surface area (Å²) in [6.07, 6.45) is 1.78. The molecule has 0 saturated carbocycles. The molecular formula is C6H13NO. The van der Waals surface area contributed by atoms with E-state index in [2.05, 4.69) is 0 Å².